The van der Waals surface area contributed by atoms with Gasteiger partial charge in [0.2, 0.25) is 0 Å². The normalized spacial score (nSPS) is 24.2. The number of rotatable bonds is 4. The van der Waals surface area contributed by atoms with E-state index in [2.05, 4.69) is 37.4 Å². The molecule has 2 unspecified atom stereocenters. The third kappa shape index (κ3) is 2.53. The zero-order chi connectivity index (χ0) is 10.8. The van der Waals surface area contributed by atoms with Gasteiger partial charge in [-0.25, -0.2) is 0 Å². The van der Waals surface area contributed by atoms with Crippen LogP contribution in [0.2, 0.25) is 5.02 Å². The van der Waals surface area contributed by atoms with Gasteiger partial charge in [0.1, 0.15) is 0 Å². The van der Waals surface area contributed by atoms with Crippen LogP contribution >= 0.6 is 11.6 Å². The molecule has 1 nitrogen and oxygen atoms in total. The highest BCUT2D eigenvalue weighted by Gasteiger charge is 2.37. The highest BCUT2D eigenvalue weighted by atomic mass is 35.5. The monoisotopic (exact) mass is 223 g/mol. The van der Waals surface area contributed by atoms with Gasteiger partial charge in [-0.3, -0.25) is 0 Å². The Morgan fingerprint density at radius 3 is 2.93 bits per heavy atom. The molecule has 1 aliphatic carbocycles. The minimum atomic E-state index is 0.738. The first kappa shape index (κ1) is 11.0. The first-order valence-electron chi connectivity index (χ1n) is 5.69. The Labute approximate surface area is 96.8 Å². The maximum Gasteiger partial charge on any atom is 0.0438 e. The number of hydrogen-bond donors (Lipinski definition) is 1. The van der Waals surface area contributed by atoms with E-state index in [-0.39, 0.29) is 0 Å². The predicted octanol–water partition coefficient (Wildman–Crippen LogP) is 3.36. The highest BCUT2D eigenvalue weighted by Crippen LogP contribution is 2.47. The maximum atomic E-state index is 6.12. The molecule has 82 valence electrons. The van der Waals surface area contributed by atoms with E-state index in [4.69, 9.17) is 11.6 Å². The number of nitrogens with one attached hydrogen (secondary N) is 1. The zero-order valence-corrected chi connectivity index (χ0v) is 10.1. The van der Waals surface area contributed by atoms with E-state index in [1.807, 2.05) is 0 Å². The van der Waals surface area contributed by atoms with E-state index in [0.29, 0.717) is 0 Å². The lowest BCUT2D eigenvalue weighted by Gasteiger charge is -2.04. The van der Waals surface area contributed by atoms with Gasteiger partial charge in [-0.15, -0.1) is 0 Å². The molecule has 2 atom stereocenters. The molecule has 15 heavy (non-hydrogen) atoms. The van der Waals surface area contributed by atoms with E-state index in [1.54, 1.807) is 0 Å². The standard InChI is InChI=1S/C13H18ClN/c1-3-15-8-11-6-12(11)10-5-4-9(2)13(14)7-10/h4-5,7,11-12,15H,3,6,8H2,1-2H3. The molecule has 2 rings (SSSR count). The first-order chi connectivity index (χ1) is 7.22. The summed E-state index contributed by atoms with van der Waals surface area (Å²) in [6.07, 6.45) is 1.31. The van der Waals surface area contributed by atoms with Crippen LogP contribution in [-0.4, -0.2) is 13.1 Å². The maximum absolute atomic E-state index is 6.12. The lowest BCUT2D eigenvalue weighted by molar-refractivity contribution is 0.649. The number of benzene rings is 1. The molecule has 0 radical (unpaired) electrons. The average Bonchev–Trinajstić information content (AvgIpc) is 2.98. The fourth-order valence-electron chi connectivity index (χ4n) is 2.05. The summed E-state index contributed by atoms with van der Waals surface area (Å²) >= 11 is 6.12. The summed E-state index contributed by atoms with van der Waals surface area (Å²) in [5.74, 6) is 1.56. The van der Waals surface area contributed by atoms with Gasteiger partial charge in [-0.1, -0.05) is 30.7 Å². The van der Waals surface area contributed by atoms with Crippen molar-refractivity contribution in [3.63, 3.8) is 0 Å². The molecular formula is C13H18ClN. The number of hydrogen-bond acceptors (Lipinski definition) is 1. The lowest BCUT2D eigenvalue weighted by atomic mass is 10.1. The van der Waals surface area contributed by atoms with Crippen molar-refractivity contribution in [1.82, 2.24) is 5.32 Å². The molecule has 1 aromatic rings. The van der Waals surface area contributed by atoms with Crippen LogP contribution < -0.4 is 5.32 Å². The third-order valence-electron chi connectivity index (χ3n) is 3.20. The fraction of sp³-hybridized carbons (Fsp3) is 0.538. The van der Waals surface area contributed by atoms with Gasteiger partial charge in [-0.2, -0.15) is 0 Å². The quantitative estimate of drug-likeness (QED) is 0.826. The number of halogens is 1. The van der Waals surface area contributed by atoms with E-state index < -0.39 is 0 Å². The molecule has 0 bridgehead atoms. The van der Waals surface area contributed by atoms with Crippen LogP contribution in [0.5, 0.6) is 0 Å². The Kier molecular flexibility index (Phi) is 3.32. The molecule has 0 aromatic heterocycles. The van der Waals surface area contributed by atoms with Gasteiger partial charge < -0.3 is 5.32 Å². The van der Waals surface area contributed by atoms with Crippen molar-refractivity contribution < 1.29 is 0 Å². The Balaban J connectivity index is 1.98. The SMILES string of the molecule is CCNCC1CC1c1ccc(C)c(Cl)c1. The minimum absolute atomic E-state index is 0.738. The molecule has 1 fully saturated rings. The molecule has 1 saturated carbocycles. The Hall–Kier alpha value is -0.530. The molecule has 1 N–H and O–H groups in total. The van der Waals surface area contributed by atoms with Gasteiger partial charge in [-0.05, 0) is 55.5 Å². The van der Waals surface area contributed by atoms with Crippen LogP contribution in [0.1, 0.15) is 30.4 Å². The highest BCUT2D eigenvalue weighted by molar-refractivity contribution is 6.31. The second kappa shape index (κ2) is 4.54. The van der Waals surface area contributed by atoms with Gasteiger partial charge in [0.05, 0.1) is 0 Å². The molecule has 2 heteroatoms. The molecule has 0 aliphatic heterocycles. The zero-order valence-electron chi connectivity index (χ0n) is 9.39. The van der Waals surface area contributed by atoms with Crippen LogP contribution in [0.3, 0.4) is 0 Å². The van der Waals surface area contributed by atoms with Crippen LogP contribution in [0.4, 0.5) is 0 Å². The van der Waals surface area contributed by atoms with E-state index in [1.165, 1.54) is 17.5 Å². The Morgan fingerprint density at radius 1 is 1.47 bits per heavy atom. The predicted molar refractivity (Wildman–Crippen MR) is 65.6 cm³/mol. The number of aryl methyl sites for hydroxylation is 1. The van der Waals surface area contributed by atoms with Crippen molar-refractivity contribution in [3.05, 3.63) is 34.3 Å². The summed E-state index contributed by atoms with van der Waals surface area (Å²) in [6, 6.07) is 6.48. The second-order valence-electron chi connectivity index (χ2n) is 4.42. The van der Waals surface area contributed by atoms with E-state index in [9.17, 15) is 0 Å². The second-order valence-corrected chi connectivity index (χ2v) is 4.83. The molecule has 0 heterocycles. The summed E-state index contributed by atoms with van der Waals surface area (Å²) in [5.41, 5.74) is 2.58. The summed E-state index contributed by atoms with van der Waals surface area (Å²) in [7, 11) is 0. The molecule has 1 aliphatic rings. The molecular weight excluding hydrogens is 206 g/mol. The van der Waals surface area contributed by atoms with Crippen molar-refractivity contribution >= 4 is 11.6 Å². The minimum Gasteiger partial charge on any atom is -0.317 e. The van der Waals surface area contributed by atoms with Crippen molar-refractivity contribution in [2.75, 3.05) is 13.1 Å². The first-order valence-corrected chi connectivity index (χ1v) is 6.07. The van der Waals surface area contributed by atoms with Crippen LogP contribution in [0.25, 0.3) is 0 Å². The molecule has 1 aromatic carbocycles. The summed E-state index contributed by atoms with van der Waals surface area (Å²) in [6.45, 7) is 6.42. The molecule has 0 spiro atoms. The van der Waals surface area contributed by atoms with Gasteiger partial charge >= 0.3 is 0 Å². The van der Waals surface area contributed by atoms with Gasteiger partial charge in [0.25, 0.3) is 0 Å². The molecule has 0 amide bonds. The summed E-state index contributed by atoms with van der Waals surface area (Å²) < 4.78 is 0. The van der Waals surface area contributed by atoms with Gasteiger partial charge in [0.15, 0.2) is 0 Å². The Bertz CT molecular complexity index is 348. The van der Waals surface area contributed by atoms with Crippen molar-refractivity contribution in [3.8, 4) is 0 Å². The lowest BCUT2D eigenvalue weighted by Crippen LogP contribution is -2.16. The topological polar surface area (TPSA) is 12.0 Å². The summed E-state index contributed by atoms with van der Waals surface area (Å²) in [4.78, 5) is 0. The fourth-order valence-corrected chi connectivity index (χ4v) is 2.24. The van der Waals surface area contributed by atoms with Crippen LogP contribution in [0.15, 0.2) is 18.2 Å². The Morgan fingerprint density at radius 2 is 2.27 bits per heavy atom. The third-order valence-corrected chi connectivity index (χ3v) is 3.61. The molecule has 0 saturated heterocycles. The smallest absolute Gasteiger partial charge is 0.0438 e. The van der Waals surface area contributed by atoms with Crippen molar-refractivity contribution in [1.29, 1.82) is 0 Å². The van der Waals surface area contributed by atoms with Gasteiger partial charge in [0, 0.05) is 5.02 Å². The summed E-state index contributed by atoms with van der Waals surface area (Å²) in [5, 5.41) is 4.31. The largest absolute Gasteiger partial charge is 0.317 e. The van der Waals surface area contributed by atoms with E-state index >= 15 is 0 Å². The van der Waals surface area contributed by atoms with Crippen LogP contribution in [0, 0.1) is 12.8 Å². The van der Waals surface area contributed by atoms with Crippen molar-refractivity contribution in [2.45, 2.75) is 26.2 Å². The van der Waals surface area contributed by atoms with Crippen LogP contribution in [-0.2, 0) is 0 Å². The average molecular weight is 224 g/mol. The van der Waals surface area contributed by atoms with E-state index in [0.717, 1.165) is 29.9 Å². The van der Waals surface area contributed by atoms with Crippen molar-refractivity contribution in [2.24, 2.45) is 5.92 Å².